The van der Waals surface area contributed by atoms with E-state index < -0.39 is 0 Å². The van der Waals surface area contributed by atoms with Crippen molar-refractivity contribution in [2.24, 2.45) is 0 Å². The number of halogens is 1. The van der Waals surface area contributed by atoms with Gasteiger partial charge in [0.15, 0.2) is 0 Å². The quantitative estimate of drug-likeness (QED) is 0.877. The molecule has 1 aromatic carbocycles. The number of likely N-dealkylation sites (tertiary alicyclic amines) is 1. The van der Waals surface area contributed by atoms with Crippen LogP contribution in [0.25, 0.3) is 0 Å². The van der Waals surface area contributed by atoms with E-state index in [1.807, 2.05) is 29.2 Å². The van der Waals surface area contributed by atoms with E-state index in [4.69, 9.17) is 16.3 Å². The average Bonchev–Trinajstić information content (AvgIpc) is 2.54. The van der Waals surface area contributed by atoms with Crippen molar-refractivity contribution in [1.29, 1.82) is 0 Å². The Morgan fingerprint density at radius 1 is 1.24 bits per heavy atom. The molecule has 6 heteroatoms. The standard InChI is InChI=1S/C19H25ClN2O3/c1-13(23)21-15-11-18(16-5-3-4-6-17(16)20)25-19(12-15)7-9-22(10-8-19)14(2)24/h3-6,15,18H,7-12H2,1-2H3,(H,21,23)/t15-,18-/m1/s1. The number of carbonyl (C=O) groups excluding carboxylic acids is 2. The molecule has 0 aromatic heterocycles. The SMILES string of the molecule is CC(=O)N[C@@H]1C[C@H](c2ccccc2Cl)OC2(CCN(C(C)=O)CC2)C1. The van der Waals surface area contributed by atoms with Crippen molar-refractivity contribution >= 4 is 23.4 Å². The Balaban J connectivity index is 1.82. The Morgan fingerprint density at radius 2 is 1.92 bits per heavy atom. The first kappa shape index (κ1) is 18.2. The molecule has 25 heavy (non-hydrogen) atoms. The van der Waals surface area contributed by atoms with Gasteiger partial charge in [-0.2, -0.15) is 0 Å². The van der Waals surface area contributed by atoms with Crippen molar-refractivity contribution in [3.8, 4) is 0 Å². The van der Waals surface area contributed by atoms with Crippen LogP contribution in [0.1, 0.15) is 51.2 Å². The van der Waals surface area contributed by atoms with E-state index in [9.17, 15) is 9.59 Å². The van der Waals surface area contributed by atoms with Crippen molar-refractivity contribution in [3.05, 3.63) is 34.9 Å². The van der Waals surface area contributed by atoms with E-state index >= 15 is 0 Å². The highest BCUT2D eigenvalue weighted by atomic mass is 35.5. The molecule has 2 aliphatic rings. The normalized spacial score (nSPS) is 25.6. The lowest BCUT2D eigenvalue weighted by molar-refractivity contribution is -0.168. The number of benzene rings is 1. The Morgan fingerprint density at radius 3 is 2.52 bits per heavy atom. The average molecular weight is 365 g/mol. The molecule has 0 saturated carbocycles. The van der Waals surface area contributed by atoms with Gasteiger partial charge in [-0.15, -0.1) is 0 Å². The summed E-state index contributed by atoms with van der Waals surface area (Å²) < 4.78 is 6.55. The van der Waals surface area contributed by atoms with Gasteiger partial charge in [-0.1, -0.05) is 29.8 Å². The largest absolute Gasteiger partial charge is 0.367 e. The van der Waals surface area contributed by atoms with Gasteiger partial charge in [-0.25, -0.2) is 0 Å². The van der Waals surface area contributed by atoms with Gasteiger partial charge >= 0.3 is 0 Å². The summed E-state index contributed by atoms with van der Waals surface area (Å²) in [4.78, 5) is 25.1. The molecule has 1 aromatic rings. The number of piperidine rings is 1. The van der Waals surface area contributed by atoms with Crippen LogP contribution in [0.3, 0.4) is 0 Å². The van der Waals surface area contributed by atoms with Crippen LogP contribution in [0, 0.1) is 0 Å². The van der Waals surface area contributed by atoms with Gasteiger partial charge in [0, 0.05) is 38.0 Å². The summed E-state index contributed by atoms with van der Waals surface area (Å²) in [5.41, 5.74) is 0.647. The fourth-order valence-electron chi connectivity index (χ4n) is 4.06. The molecule has 0 bridgehead atoms. The molecule has 1 spiro atoms. The van der Waals surface area contributed by atoms with E-state index in [-0.39, 0.29) is 29.6 Å². The smallest absolute Gasteiger partial charge is 0.219 e. The number of rotatable bonds is 2. The van der Waals surface area contributed by atoms with Gasteiger partial charge in [-0.3, -0.25) is 9.59 Å². The van der Waals surface area contributed by atoms with Crippen LogP contribution in [-0.4, -0.2) is 41.4 Å². The van der Waals surface area contributed by atoms with Gasteiger partial charge < -0.3 is 15.0 Å². The molecule has 3 rings (SSSR count). The highest BCUT2D eigenvalue weighted by molar-refractivity contribution is 6.31. The second-order valence-corrected chi connectivity index (χ2v) is 7.56. The molecule has 2 atom stereocenters. The Labute approximate surface area is 153 Å². The molecule has 0 unspecified atom stereocenters. The molecule has 5 nitrogen and oxygen atoms in total. The number of amides is 2. The molecule has 136 valence electrons. The van der Waals surface area contributed by atoms with E-state index in [0.29, 0.717) is 24.5 Å². The van der Waals surface area contributed by atoms with E-state index in [2.05, 4.69) is 5.32 Å². The second kappa shape index (κ2) is 7.34. The number of carbonyl (C=O) groups is 2. The van der Waals surface area contributed by atoms with Crippen molar-refractivity contribution in [2.45, 2.75) is 57.3 Å². The zero-order valence-electron chi connectivity index (χ0n) is 14.8. The van der Waals surface area contributed by atoms with E-state index in [1.54, 1.807) is 13.8 Å². The maximum atomic E-state index is 11.6. The minimum absolute atomic E-state index is 0.0267. The number of hydrogen-bond acceptors (Lipinski definition) is 3. The van der Waals surface area contributed by atoms with Gasteiger partial charge in [-0.05, 0) is 37.3 Å². The highest BCUT2D eigenvalue weighted by Gasteiger charge is 2.44. The predicted octanol–water partition coefficient (Wildman–Crippen LogP) is 3.08. The first-order valence-electron chi connectivity index (χ1n) is 8.83. The van der Waals surface area contributed by atoms with Crippen molar-refractivity contribution in [1.82, 2.24) is 10.2 Å². The van der Waals surface area contributed by atoms with Crippen molar-refractivity contribution in [3.63, 3.8) is 0 Å². The first-order chi connectivity index (χ1) is 11.9. The molecule has 2 saturated heterocycles. The van der Waals surface area contributed by atoms with Crippen LogP contribution >= 0.6 is 11.6 Å². The molecular formula is C19H25ClN2O3. The van der Waals surface area contributed by atoms with Gasteiger partial charge in [0.25, 0.3) is 0 Å². The number of ether oxygens (including phenoxy) is 1. The summed E-state index contributed by atoms with van der Waals surface area (Å²) in [6.07, 6.45) is 2.90. The predicted molar refractivity (Wildman–Crippen MR) is 96.3 cm³/mol. The van der Waals surface area contributed by atoms with Crippen LogP contribution in [-0.2, 0) is 14.3 Å². The zero-order chi connectivity index (χ0) is 18.0. The second-order valence-electron chi connectivity index (χ2n) is 7.15. The molecule has 1 N–H and O–H groups in total. The molecule has 2 aliphatic heterocycles. The third kappa shape index (κ3) is 4.15. The summed E-state index contributed by atoms with van der Waals surface area (Å²) in [5.74, 6) is 0.0767. The lowest BCUT2D eigenvalue weighted by Crippen LogP contribution is -2.54. The van der Waals surface area contributed by atoms with Crippen LogP contribution in [0.4, 0.5) is 0 Å². The third-order valence-electron chi connectivity index (χ3n) is 5.29. The summed E-state index contributed by atoms with van der Waals surface area (Å²) in [7, 11) is 0. The van der Waals surface area contributed by atoms with Crippen molar-refractivity contribution in [2.75, 3.05) is 13.1 Å². The van der Waals surface area contributed by atoms with Gasteiger partial charge in [0.05, 0.1) is 11.7 Å². The minimum Gasteiger partial charge on any atom is -0.367 e. The topological polar surface area (TPSA) is 58.6 Å². The molecule has 2 heterocycles. The number of nitrogens with one attached hydrogen (secondary N) is 1. The maximum Gasteiger partial charge on any atom is 0.219 e. The van der Waals surface area contributed by atoms with Crippen LogP contribution < -0.4 is 5.32 Å². The Bertz CT molecular complexity index is 656. The third-order valence-corrected chi connectivity index (χ3v) is 5.63. The number of hydrogen-bond donors (Lipinski definition) is 1. The zero-order valence-corrected chi connectivity index (χ0v) is 15.5. The lowest BCUT2D eigenvalue weighted by atomic mass is 9.79. The Hall–Kier alpha value is -1.59. The van der Waals surface area contributed by atoms with Crippen molar-refractivity contribution < 1.29 is 14.3 Å². The molecular weight excluding hydrogens is 340 g/mol. The highest BCUT2D eigenvalue weighted by Crippen LogP contribution is 2.44. The fourth-order valence-corrected chi connectivity index (χ4v) is 4.32. The van der Waals surface area contributed by atoms with Crippen LogP contribution in [0.2, 0.25) is 5.02 Å². The molecule has 0 aliphatic carbocycles. The molecule has 2 fully saturated rings. The summed E-state index contributed by atoms with van der Waals surface area (Å²) in [6.45, 7) is 4.53. The summed E-state index contributed by atoms with van der Waals surface area (Å²) >= 11 is 6.38. The lowest BCUT2D eigenvalue weighted by Gasteiger charge is -2.49. The van der Waals surface area contributed by atoms with E-state index in [0.717, 1.165) is 24.8 Å². The minimum atomic E-state index is -0.318. The van der Waals surface area contributed by atoms with Crippen LogP contribution in [0.5, 0.6) is 0 Å². The van der Waals surface area contributed by atoms with Gasteiger partial charge in [0.2, 0.25) is 11.8 Å². The monoisotopic (exact) mass is 364 g/mol. The summed E-state index contributed by atoms with van der Waals surface area (Å²) in [5, 5.41) is 3.75. The fraction of sp³-hybridized carbons (Fsp3) is 0.579. The maximum absolute atomic E-state index is 11.6. The molecule has 2 amide bonds. The van der Waals surface area contributed by atoms with Crippen LogP contribution in [0.15, 0.2) is 24.3 Å². The molecule has 0 radical (unpaired) electrons. The van der Waals surface area contributed by atoms with Gasteiger partial charge in [0.1, 0.15) is 0 Å². The first-order valence-corrected chi connectivity index (χ1v) is 9.21. The summed E-state index contributed by atoms with van der Waals surface area (Å²) in [6, 6.07) is 7.77. The number of nitrogens with zero attached hydrogens (tertiary/aromatic N) is 1. The van der Waals surface area contributed by atoms with E-state index in [1.165, 1.54) is 0 Å². The Kier molecular flexibility index (Phi) is 5.35.